The van der Waals surface area contributed by atoms with Crippen molar-refractivity contribution in [2.24, 2.45) is 0 Å². The van der Waals surface area contributed by atoms with Gasteiger partial charge in [-0.05, 0) is 19.1 Å². The van der Waals surface area contributed by atoms with E-state index >= 15 is 0 Å². The van der Waals surface area contributed by atoms with Crippen molar-refractivity contribution < 1.29 is 4.74 Å². The summed E-state index contributed by atoms with van der Waals surface area (Å²) in [7, 11) is 0. The zero-order valence-corrected chi connectivity index (χ0v) is 12.0. The lowest BCUT2D eigenvalue weighted by molar-refractivity contribution is 0.127. The van der Waals surface area contributed by atoms with E-state index < -0.39 is 0 Å². The minimum atomic E-state index is -0.185. The number of ether oxygens (including phenoxy) is 1. The molecule has 0 aliphatic carbocycles. The molecule has 3 nitrogen and oxygen atoms in total. The van der Waals surface area contributed by atoms with Crippen LogP contribution in [-0.4, -0.2) is 9.55 Å². The average Bonchev–Trinajstić information content (AvgIpc) is 2.88. The van der Waals surface area contributed by atoms with Gasteiger partial charge in [0.05, 0.1) is 19.1 Å². The SMILES string of the molecule is C/C=C\O[C@@H](Cn1ccnc1)c1ccc(Cl)cc1Cl. The number of nitrogens with zero attached hydrogens (tertiary/aromatic N) is 2. The van der Waals surface area contributed by atoms with Crippen molar-refractivity contribution in [2.75, 3.05) is 0 Å². The summed E-state index contributed by atoms with van der Waals surface area (Å²) in [6, 6.07) is 5.41. The number of rotatable bonds is 5. The second-order valence-corrected chi connectivity index (χ2v) is 4.86. The van der Waals surface area contributed by atoms with Gasteiger partial charge >= 0.3 is 0 Å². The maximum Gasteiger partial charge on any atom is 0.142 e. The van der Waals surface area contributed by atoms with Crippen LogP contribution in [0.4, 0.5) is 0 Å². The number of imidazole rings is 1. The van der Waals surface area contributed by atoms with E-state index in [1.807, 2.05) is 35.9 Å². The molecule has 0 aliphatic rings. The van der Waals surface area contributed by atoms with E-state index in [9.17, 15) is 0 Å². The monoisotopic (exact) mass is 296 g/mol. The Morgan fingerprint density at radius 3 is 2.89 bits per heavy atom. The normalized spacial score (nSPS) is 12.8. The molecule has 0 fully saturated rings. The summed E-state index contributed by atoms with van der Waals surface area (Å²) < 4.78 is 7.66. The molecule has 19 heavy (non-hydrogen) atoms. The molecule has 0 saturated heterocycles. The lowest BCUT2D eigenvalue weighted by Gasteiger charge is -2.19. The summed E-state index contributed by atoms with van der Waals surface area (Å²) in [4.78, 5) is 4.02. The van der Waals surface area contributed by atoms with Gasteiger partial charge in [-0.1, -0.05) is 35.3 Å². The molecule has 0 saturated carbocycles. The molecule has 0 amide bonds. The van der Waals surface area contributed by atoms with Crippen LogP contribution in [0.25, 0.3) is 0 Å². The van der Waals surface area contributed by atoms with Gasteiger partial charge in [0.15, 0.2) is 0 Å². The Hall–Kier alpha value is -1.45. The molecule has 1 atom stereocenters. The molecule has 0 unspecified atom stereocenters. The summed E-state index contributed by atoms with van der Waals surface area (Å²) in [5.41, 5.74) is 0.901. The van der Waals surface area contributed by atoms with Crippen molar-refractivity contribution in [3.63, 3.8) is 0 Å². The van der Waals surface area contributed by atoms with Crippen LogP contribution in [0.3, 0.4) is 0 Å². The number of allylic oxidation sites excluding steroid dienone is 1. The third-order valence-electron chi connectivity index (χ3n) is 2.62. The molecule has 5 heteroatoms. The summed E-state index contributed by atoms with van der Waals surface area (Å²) in [6.07, 6.45) is 8.68. The van der Waals surface area contributed by atoms with Crippen molar-refractivity contribution in [3.8, 4) is 0 Å². The minimum Gasteiger partial charge on any atom is -0.492 e. The van der Waals surface area contributed by atoms with Crippen molar-refractivity contribution in [1.82, 2.24) is 9.55 Å². The number of hydrogen-bond acceptors (Lipinski definition) is 2. The largest absolute Gasteiger partial charge is 0.492 e. The second kappa shape index (κ2) is 6.64. The number of aromatic nitrogens is 2. The van der Waals surface area contributed by atoms with E-state index in [1.165, 1.54) is 0 Å². The Morgan fingerprint density at radius 2 is 2.26 bits per heavy atom. The van der Waals surface area contributed by atoms with Crippen molar-refractivity contribution in [1.29, 1.82) is 0 Å². The number of halogens is 2. The van der Waals surface area contributed by atoms with Crippen LogP contribution in [0.5, 0.6) is 0 Å². The molecule has 0 aliphatic heterocycles. The van der Waals surface area contributed by atoms with Gasteiger partial charge < -0.3 is 9.30 Å². The second-order valence-electron chi connectivity index (χ2n) is 4.02. The first kappa shape index (κ1) is 14.0. The fourth-order valence-corrected chi connectivity index (χ4v) is 2.27. The fourth-order valence-electron chi connectivity index (χ4n) is 1.74. The molecule has 0 spiro atoms. The molecule has 0 N–H and O–H groups in total. The maximum absolute atomic E-state index is 6.23. The van der Waals surface area contributed by atoms with Gasteiger partial charge in [0, 0.05) is 28.0 Å². The Labute approximate surface area is 122 Å². The van der Waals surface area contributed by atoms with Gasteiger partial charge in [-0.2, -0.15) is 0 Å². The summed E-state index contributed by atoms with van der Waals surface area (Å²) in [5, 5.41) is 1.21. The zero-order valence-electron chi connectivity index (χ0n) is 10.5. The maximum atomic E-state index is 6.23. The third kappa shape index (κ3) is 3.75. The van der Waals surface area contributed by atoms with Crippen LogP contribution in [0.15, 0.2) is 49.3 Å². The van der Waals surface area contributed by atoms with Crippen molar-refractivity contribution in [2.45, 2.75) is 19.6 Å². The first-order valence-electron chi connectivity index (χ1n) is 5.88. The molecule has 1 aromatic heterocycles. The van der Waals surface area contributed by atoms with E-state index in [4.69, 9.17) is 27.9 Å². The van der Waals surface area contributed by atoms with Gasteiger partial charge in [0.2, 0.25) is 0 Å². The topological polar surface area (TPSA) is 27.1 Å². The highest BCUT2D eigenvalue weighted by molar-refractivity contribution is 6.35. The number of hydrogen-bond donors (Lipinski definition) is 0. The van der Waals surface area contributed by atoms with Gasteiger partial charge in [-0.3, -0.25) is 0 Å². The van der Waals surface area contributed by atoms with E-state index in [0.29, 0.717) is 16.6 Å². The average molecular weight is 297 g/mol. The van der Waals surface area contributed by atoms with Crippen LogP contribution in [0.2, 0.25) is 10.0 Å². The summed E-state index contributed by atoms with van der Waals surface area (Å²) in [6.45, 7) is 2.53. The molecule has 0 bridgehead atoms. The van der Waals surface area contributed by atoms with Gasteiger partial charge in [0.25, 0.3) is 0 Å². The summed E-state index contributed by atoms with van der Waals surface area (Å²) >= 11 is 12.1. The minimum absolute atomic E-state index is 0.185. The number of benzene rings is 1. The van der Waals surface area contributed by atoms with Gasteiger partial charge in [-0.15, -0.1) is 0 Å². The van der Waals surface area contributed by atoms with Crippen LogP contribution < -0.4 is 0 Å². The molecule has 0 radical (unpaired) electrons. The zero-order chi connectivity index (χ0) is 13.7. The summed E-state index contributed by atoms with van der Waals surface area (Å²) in [5.74, 6) is 0. The van der Waals surface area contributed by atoms with Crippen LogP contribution in [0.1, 0.15) is 18.6 Å². The van der Waals surface area contributed by atoms with E-state index in [1.54, 1.807) is 24.9 Å². The standard InChI is InChI=1S/C14H14Cl2N2O/c1-2-7-19-14(9-18-6-5-17-10-18)12-4-3-11(15)8-13(12)16/h2-8,10,14H,9H2,1H3/b7-2-/t14-/m0/s1. The smallest absolute Gasteiger partial charge is 0.142 e. The molecule has 100 valence electrons. The van der Waals surface area contributed by atoms with Crippen molar-refractivity contribution in [3.05, 3.63) is 64.9 Å². The van der Waals surface area contributed by atoms with E-state index in [0.717, 1.165) is 5.56 Å². The molecular formula is C14H14Cl2N2O. The predicted molar refractivity (Wildman–Crippen MR) is 77.3 cm³/mol. The Bertz CT molecular complexity index is 553. The van der Waals surface area contributed by atoms with E-state index in [-0.39, 0.29) is 6.10 Å². The Kier molecular flexibility index (Phi) is 4.88. The van der Waals surface area contributed by atoms with E-state index in [2.05, 4.69) is 4.98 Å². The lowest BCUT2D eigenvalue weighted by Crippen LogP contribution is -2.10. The third-order valence-corrected chi connectivity index (χ3v) is 3.19. The highest BCUT2D eigenvalue weighted by Crippen LogP contribution is 2.29. The van der Waals surface area contributed by atoms with Crippen molar-refractivity contribution >= 4 is 23.2 Å². The van der Waals surface area contributed by atoms with Gasteiger partial charge in [0.1, 0.15) is 6.10 Å². The molecular weight excluding hydrogens is 283 g/mol. The van der Waals surface area contributed by atoms with Crippen LogP contribution >= 0.6 is 23.2 Å². The first-order chi connectivity index (χ1) is 9.20. The molecule has 1 heterocycles. The molecule has 2 rings (SSSR count). The fraction of sp³-hybridized carbons (Fsp3) is 0.214. The van der Waals surface area contributed by atoms with Crippen LogP contribution in [-0.2, 0) is 11.3 Å². The van der Waals surface area contributed by atoms with Crippen LogP contribution in [0, 0.1) is 0 Å². The first-order valence-corrected chi connectivity index (χ1v) is 6.63. The predicted octanol–water partition coefficient (Wildman–Crippen LogP) is 4.48. The lowest BCUT2D eigenvalue weighted by atomic mass is 10.1. The quantitative estimate of drug-likeness (QED) is 0.761. The Morgan fingerprint density at radius 1 is 1.42 bits per heavy atom. The Balaban J connectivity index is 2.25. The van der Waals surface area contributed by atoms with Gasteiger partial charge in [-0.25, -0.2) is 4.98 Å². The highest BCUT2D eigenvalue weighted by Gasteiger charge is 2.16. The highest BCUT2D eigenvalue weighted by atomic mass is 35.5. The molecule has 1 aromatic carbocycles. The molecule has 2 aromatic rings.